The molecule has 39 heavy (non-hydrogen) atoms. The molecule has 0 aliphatic heterocycles. The van der Waals surface area contributed by atoms with Crippen LogP contribution in [0.25, 0.3) is 11.1 Å². The molecule has 4 N–H and O–H groups in total. The van der Waals surface area contributed by atoms with E-state index in [4.69, 9.17) is 11.6 Å². The molecule has 0 saturated heterocycles. The molecule has 1 saturated carbocycles. The van der Waals surface area contributed by atoms with Crippen LogP contribution in [0.1, 0.15) is 24.0 Å². The lowest BCUT2D eigenvalue weighted by molar-refractivity contribution is -0.187. The molecule has 0 unspecified atom stereocenters. The lowest BCUT2D eigenvalue weighted by Gasteiger charge is -2.44. The highest BCUT2D eigenvalue weighted by molar-refractivity contribution is 6.30. The second kappa shape index (κ2) is 11.7. The van der Waals surface area contributed by atoms with Crippen molar-refractivity contribution in [2.45, 2.75) is 25.3 Å². The fourth-order valence-corrected chi connectivity index (χ4v) is 5.55. The SMILES string of the molecule is C[C@H](NC(=O)[C@H]1[C@H](C(=O)O)[C@H](C(=O)O)[C@H]1C(=O)O)[C@H](Cc1ccc(Cl)cc1)c1ccc(-c2ccccc2)cc1. The molecule has 1 fully saturated rings. The fraction of sp³-hybridized carbons (Fsp3) is 0.267. The number of nitrogens with one attached hydrogen (secondary N) is 1. The van der Waals surface area contributed by atoms with Gasteiger partial charge in [0.2, 0.25) is 5.91 Å². The summed E-state index contributed by atoms with van der Waals surface area (Å²) in [6.45, 7) is 1.77. The Labute approximate surface area is 230 Å². The predicted molar refractivity (Wildman–Crippen MR) is 144 cm³/mol. The van der Waals surface area contributed by atoms with E-state index in [1.807, 2.05) is 66.7 Å². The maximum Gasteiger partial charge on any atom is 0.308 e. The maximum atomic E-state index is 13.3. The first-order valence-electron chi connectivity index (χ1n) is 12.5. The van der Waals surface area contributed by atoms with Crippen LogP contribution in [-0.4, -0.2) is 45.2 Å². The lowest BCUT2D eigenvalue weighted by Crippen LogP contribution is -2.62. The number of carboxylic acids is 3. The first-order valence-corrected chi connectivity index (χ1v) is 12.8. The molecule has 8 nitrogen and oxygen atoms in total. The van der Waals surface area contributed by atoms with Crippen molar-refractivity contribution >= 4 is 35.4 Å². The van der Waals surface area contributed by atoms with E-state index in [0.717, 1.165) is 22.3 Å². The van der Waals surface area contributed by atoms with E-state index in [-0.39, 0.29) is 5.92 Å². The van der Waals surface area contributed by atoms with E-state index < -0.39 is 53.5 Å². The second-order valence-corrected chi connectivity index (χ2v) is 10.3. The third-order valence-electron chi connectivity index (χ3n) is 7.49. The summed E-state index contributed by atoms with van der Waals surface area (Å²) in [5.41, 5.74) is 3.94. The molecule has 4 atom stereocenters. The van der Waals surface area contributed by atoms with Crippen molar-refractivity contribution in [2.24, 2.45) is 23.7 Å². The van der Waals surface area contributed by atoms with E-state index in [1.165, 1.54) is 0 Å². The minimum absolute atomic E-state index is 0.262. The molecule has 202 valence electrons. The minimum atomic E-state index is -1.68. The molecule has 3 aromatic carbocycles. The summed E-state index contributed by atoms with van der Waals surface area (Å²) in [5.74, 6) is -12.1. The fourth-order valence-electron chi connectivity index (χ4n) is 5.43. The molecule has 0 bridgehead atoms. The summed E-state index contributed by atoms with van der Waals surface area (Å²) in [6.07, 6.45) is 0.510. The van der Waals surface area contributed by atoms with Crippen molar-refractivity contribution in [2.75, 3.05) is 0 Å². The number of hydrogen-bond acceptors (Lipinski definition) is 4. The first-order chi connectivity index (χ1) is 18.6. The quantitative estimate of drug-likeness (QED) is 0.290. The van der Waals surface area contributed by atoms with E-state index in [0.29, 0.717) is 11.4 Å². The number of carboxylic acid groups (broad SMARTS) is 3. The van der Waals surface area contributed by atoms with E-state index in [9.17, 15) is 34.5 Å². The zero-order valence-electron chi connectivity index (χ0n) is 21.0. The average molecular weight is 550 g/mol. The zero-order chi connectivity index (χ0) is 28.3. The highest BCUT2D eigenvalue weighted by Gasteiger charge is 2.64. The van der Waals surface area contributed by atoms with Gasteiger partial charge in [0.25, 0.3) is 0 Å². The molecule has 0 aromatic heterocycles. The van der Waals surface area contributed by atoms with Gasteiger partial charge in [0.05, 0.1) is 23.7 Å². The van der Waals surface area contributed by atoms with Gasteiger partial charge in [-0.05, 0) is 47.7 Å². The van der Waals surface area contributed by atoms with Crippen LogP contribution in [0.5, 0.6) is 0 Å². The number of halogens is 1. The molecule has 1 aliphatic rings. The molecule has 1 amide bonds. The number of amides is 1. The minimum Gasteiger partial charge on any atom is -0.481 e. The molecular weight excluding hydrogens is 522 g/mol. The Morgan fingerprint density at radius 3 is 1.72 bits per heavy atom. The van der Waals surface area contributed by atoms with Crippen LogP contribution in [0.4, 0.5) is 0 Å². The molecule has 0 heterocycles. The van der Waals surface area contributed by atoms with Gasteiger partial charge in [-0.2, -0.15) is 0 Å². The van der Waals surface area contributed by atoms with Gasteiger partial charge < -0.3 is 20.6 Å². The van der Waals surface area contributed by atoms with Gasteiger partial charge in [-0.15, -0.1) is 0 Å². The Kier molecular flexibility index (Phi) is 8.35. The third kappa shape index (κ3) is 5.96. The van der Waals surface area contributed by atoms with Gasteiger partial charge in [-0.1, -0.05) is 78.3 Å². The van der Waals surface area contributed by atoms with Gasteiger partial charge in [-0.25, -0.2) is 0 Å². The Bertz CT molecular complexity index is 1340. The summed E-state index contributed by atoms with van der Waals surface area (Å²) >= 11 is 6.05. The largest absolute Gasteiger partial charge is 0.481 e. The zero-order valence-corrected chi connectivity index (χ0v) is 21.8. The molecule has 0 spiro atoms. The van der Waals surface area contributed by atoms with Crippen molar-refractivity contribution in [1.82, 2.24) is 5.32 Å². The second-order valence-electron chi connectivity index (χ2n) is 9.84. The van der Waals surface area contributed by atoms with Crippen LogP contribution in [0.15, 0.2) is 78.9 Å². The summed E-state index contributed by atoms with van der Waals surface area (Å²) in [4.78, 5) is 48.4. The Morgan fingerprint density at radius 2 is 1.21 bits per heavy atom. The number of carbonyl (C=O) groups is 4. The highest BCUT2D eigenvalue weighted by atomic mass is 35.5. The van der Waals surface area contributed by atoms with Crippen molar-refractivity contribution in [3.05, 3.63) is 95.0 Å². The van der Waals surface area contributed by atoms with Crippen LogP contribution < -0.4 is 5.32 Å². The van der Waals surface area contributed by atoms with Gasteiger partial charge in [0, 0.05) is 17.0 Å². The van der Waals surface area contributed by atoms with Crippen LogP contribution in [0.2, 0.25) is 5.02 Å². The Balaban J connectivity index is 1.61. The Morgan fingerprint density at radius 1 is 0.718 bits per heavy atom. The van der Waals surface area contributed by atoms with Crippen molar-refractivity contribution in [1.29, 1.82) is 0 Å². The van der Waals surface area contributed by atoms with Gasteiger partial charge in [0.15, 0.2) is 0 Å². The molecule has 3 aromatic rings. The van der Waals surface area contributed by atoms with Crippen LogP contribution >= 0.6 is 11.6 Å². The topological polar surface area (TPSA) is 141 Å². The molecule has 4 rings (SSSR count). The number of rotatable bonds is 10. The standard InChI is InChI=1S/C30H28ClNO7/c1-16(32-27(33)23-24(28(34)35)26(30(38)39)25(23)29(36)37)22(15-17-7-13-21(31)14-8-17)20-11-9-19(10-12-20)18-5-3-2-4-6-18/h2-14,16,22-26H,15H2,1H3,(H,32,33)(H,34,35)(H,36,37)(H,38,39)/t16-,22-,23-,24-,25-,26-/m0/s1. The number of benzene rings is 3. The predicted octanol–water partition coefficient (Wildman–Crippen LogP) is 4.57. The van der Waals surface area contributed by atoms with E-state index in [2.05, 4.69) is 5.32 Å². The third-order valence-corrected chi connectivity index (χ3v) is 7.75. The Hall–Kier alpha value is -4.17. The average Bonchev–Trinajstić information content (AvgIpc) is 2.87. The van der Waals surface area contributed by atoms with E-state index in [1.54, 1.807) is 19.1 Å². The van der Waals surface area contributed by atoms with Crippen LogP contribution in [-0.2, 0) is 25.6 Å². The number of hydrogen-bond donors (Lipinski definition) is 4. The smallest absolute Gasteiger partial charge is 0.308 e. The molecule has 9 heteroatoms. The normalized spacial score (nSPS) is 21.7. The van der Waals surface area contributed by atoms with Crippen molar-refractivity contribution in [3.8, 4) is 11.1 Å². The number of carbonyl (C=O) groups excluding carboxylic acids is 1. The van der Waals surface area contributed by atoms with Crippen molar-refractivity contribution in [3.63, 3.8) is 0 Å². The lowest BCUT2D eigenvalue weighted by atomic mass is 9.56. The van der Waals surface area contributed by atoms with E-state index >= 15 is 0 Å². The summed E-state index contributed by atoms with van der Waals surface area (Å²) in [7, 11) is 0. The van der Waals surface area contributed by atoms with Crippen LogP contribution in [0, 0.1) is 23.7 Å². The highest BCUT2D eigenvalue weighted by Crippen LogP contribution is 2.47. The monoisotopic (exact) mass is 549 g/mol. The van der Waals surface area contributed by atoms with Gasteiger partial charge >= 0.3 is 17.9 Å². The molecular formula is C30H28ClNO7. The van der Waals surface area contributed by atoms with Gasteiger partial charge in [-0.3, -0.25) is 19.2 Å². The summed E-state index contributed by atoms with van der Waals surface area (Å²) < 4.78 is 0. The molecule has 1 aliphatic carbocycles. The summed E-state index contributed by atoms with van der Waals surface area (Å²) in [5, 5.41) is 32.0. The maximum absolute atomic E-state index is 13.3. The van der Waals surface area contributed by atoms with Gasteiger partial charge in [0.1, 0.15) is 0 Å². The first kappa shape index (κ1) is 27.9. The number of aliphatic carboxylic acids is 3. The van der Waals surface area contributed by atoms with Crippen molar-refractivity contribution < 1.29 is 34.5 Å². The van der Waals surface area contributed by atoms with Crippen LogP contribution in [0.3, 0.4) is 0 Å². The summed E-state index contributed by atoms with van der Waals surface area (Å²) in [6, 6.07) is 24.5. The molecule has 0 radical (unpaired) electrons.